The normalized spacial score (nSPS) is 34.0. The third-order valence-corrected chi connectivity index (χ3v) is 7.44. The Morgan fingerprint density at radius 1 is 0.577 bits per heavy atom. The Morgan fingerprint density at radius 3 is 1.65 bits per heavy atom. The van der Waals surface area contributed by atoms with Gasteiger partial charge in [-0.05, 0) is 61.1 Å². The minimum Gasteiger partial charge on any atom is -0.365 e. The highest BCUT2D eigenvalue weighted by Gasteiger charge is 2.50. The molecule has 0 amide bonds. The largest absolute Gasteiger partial charge is 0.365 e. The van der Waals surface area contributed by atoms with Gasteiger partial charge < -0.3 is 4.90 Å². The molecule has 1 heterocycles. The zero-order chi connectivity index (χ0) is 17.3. The number of benzene rings is 2. The summed E-state index contributed by atoms with van der Waals surface area (Å²) in [6.45, 7) is 0. The van der Waals surface area contributed by atoms with Crippen molar-refractivity contribution in [3.8, 4) is 0 Å². The van der Waals surface area contributed by atoms with Gasteiger partial charge in [0.25, 0.3) is 0 Å². The third kappa shape index (κ3) is 2.76. The van der Waals surface area contributed by atoms with E-state index in [1.165, 1.54) is 57.1 Å². The van der Waals surface area contributed by atoms with Crippen molar-refractivity contribution in [2.75, 3.05) is 4.90 Å². The highest BCUT2D eigenvalue weighted by molar-refractivity contribution is 5.50. The molecular formula is C25H31N. The molecule has 0 radical (unpaired) electrons. The highest BCUT2D eigenvalue weighted by atomic mass is 15.2. The van der Waals surface area contributed by atoms with Crippen LogP contribution in [-0.4, -0.2) is 12.1 Å². The summed E-state index contributed by atoms with van der Waals surface area (Å²) in [5.74, 6) is 2.42. The molecule has 0 aromatic heterocycles. The minimum atomic E-state index is 0.732. The highest BCUT2D eigenvalue weighted by Crippen LogP contribution is 2.53. The SMILES string of the molecule is c1ccc(C2C3CCCCC3N(c3ccccc3)C3CCCCC23)cc1. The molecule has 1 aliphatic heterocycles. The Hall–Kier alpha value is -1.76. The van der Waals surface area contributed by atoms with Crippen molar-refractivity contribution in [3.05, 3.63) is 66.2 Å². The van der Waals surface area contributed by atoms with Gasteiger partial charge in [0.2, 0.25) is 0 Å². The third-order valence-electron chi connectivity index (χ3n) is 7.44. The van der Waals surface area contributed by atoms with Crippen molar-refractivity contribution in [2.24, 2.45) is 11.8 Å². The van der Waals surface area contributed by atoms with Gasteiger partial charge in [0.1, 0.15) is 0 Å². The van der Waals surface area contributed by atoms with E-state index in [1.807, 2.05) is 0 Å². The van der Waals surface area contributed by atoms with E-state index in [0.29, 0.717) is 0 Å². The van der Waals surface area contributed by atoms with E-state index in [9.17, 15) is 0 Å². The molecule has 3 fully saturated rings. The summed E-state index contributed by atoms with van der Waals surface area (Å²) in [5, 5.41) is 0. The van der Waals surface area contributed by atoms with Crippen LogP contribution in [0, 0.1) is 11.8 Å². The Bertz CT molecular complexity index is 622. The first kappa shape index (κ1) is 16.4. The molecule has 26 heavy (non-hydrogen) atoms. The van der Waals surface area contributed by atoms with Crippen LogP contribution in [0.15, 0.2) is 60.7 Å². The summed E-state index contributed by atoms with van der Waals surface area (Å²) in [4.78, 5) is 2.90. The van der Waals surface area contributed by atoms with Gasteiger partial charge in [-0.1, -0.05) is 74.2 Å². The van der Waals surface area contributed by atoms with Gasteiger partial charge in [0.05, 0.1) is 0 Å². The second kappa shape index (κ2) is 7.10. The minimum absolute atomic E-state index is 0.732. The van der Waals surface area contributed by atoms with Gasteiger partial charge in [-0.2, -0.15) is 0 Å². The predicted molar refractivity (Wildman–Crippen MR) is 110 cm³/mol. The van der Waals surface area contributed by atoms with Crippen LogP contribution in [0.5, 0.6) is 0 Å². The van der Waals surface area contributed by atoms with Gasteiger partial charge in [-0.15, -0.1) is 0 Å². The van der Waals surface area contributed by atoms with E-state index in [-0.39, 0.29) is 0 Å². The van der Waals surface area contributed by atoms with E-state index in [1.54, 1.807) is 5.56 Å². The number of rotatable bonds is 2. The smallest absolute Gasteiger partial charge is 0.0371 e. The van der Waals surface area contributed by atoms with E-state index < -0.39 is 0 Å². The van der Waals surface area contributed by atoms with Crippen LogP contribution in [0.2, 0.25) is 0 Å². The van der Waals surface area contributed by atoms with E-state index >= 15 is 0 Å². The molecule has 2 saturated carbocycles. The number of nitrogens with zero attached hydrogens (tertiary/aromatic N) is 1. The molecule has 5 rings (SSSR count). The lowest BCUT2D eigenvalue weighted by Crippen LogP contribution is -2.60. The van der Waals surface area contributed by atoms with E-state index in [0.717, 1.165) is 29.8 Å². The molecule has 136 valence electrons. The Labute approximate surface area is 158 Å². The lowest BCUT2D eigenvalue weighted by atomic mass is 9.59. The zero-order valence-corrected chi connectivity index (χ0v) is 15.8. The first-order valence-corrected chi connectivity index (χ1v) is 10.8. The molecule has 2 aliphatic carbocycles. The van der Waals surface area contributed by atoms with Crippen LogP contribution in [0.3, 0.4) is 0 Å². The molecule has 1 saturated heterocycles. The average molecular weight is 346 g/mol. The number of fused-ring (bicyclic) bond motifs is 2. The fraction of sp³-hybridized carbons (Fsp3) is 0.520. The second-order valence-corrected chi connectivity index (χ2v) is 8.71. The number of hydrogen-bond acceptors (Lipinski definition) is 1. The fourth-order valence-corrected chi connectivity index (χ4v) is 6.52. The van der Waals surface area contributed by atoms with E-state index in [2.05, 4.69) is 65.6 Å². The standard InChI is InChI=1S/C25H31N/c1-3-11-19(12-4-1)25-21-15-7-9-17-23(21)26(20-13-5-2-6-14-20)24-18-10-8-16-22(24)25/h1-6,11-14,21-25H,7-10,15-18H2. The molecule has 1 heteroatoms. The summed E-state index contributed by atoms with van der Waals surface area (Å²) in [6.07, 6.45) is 11.2. The van der Waals surface area contributed by atoms with Crippen LogP contribution in [0.1, 0.15) is 62.8 Å². The van der Waals surface area contributed by atoms with Gasteiger partial charge in [-0.3, -0.25) is 0 Å². The summed E-state index contributed by atoms with van der Waals surface area (Å²) in [6, 6.07) is 24.3. The summed E-state index contributed by atoms with van der Waals surface area (Å²) in [5.41, 5.74) is 3.10. The summed E-state index contributed by atoms with van der Waals surface area (Å²) in [7, 11) is 0. The molecule has 4 atom stereocenters. The Balaban J connectivity index is 1.59. The number of para-hydroxylation sites is 1. The number of piperidine rings is 1. The zero-order valence-electron chi connectivity index (χ0n) is 15.8. The first-order valence-electron chi connectivity index (χ1n) is 10.8. The van der Waals surface area contributed by atoms with Crippen molar-refractivity contribution in [3.63, 3.8) is 0 Å². The molecule has 2 aromatic rings. The van der Waals surface area contributed by atoms with E-state index in [4.69, 9.17) is 0 Å². The van der Waals surface area contributed by atoms with Crippen LogP contribution in [0.4, 0.5) is 5.69 Å². The quantitative estimate of drug-likeness (QED) is 0.608. The topological polar surface area (TPSA) is 3.24 Å². The number of hydrogen-bond donors (Lipinski definition) is 0. The molecule has 0 N–H and O–H groups in total. The number of anilines is 1. The van der Waals surface area contributed by atoms with Crippen LogP contribution < -0.4 is 4.90 Å². The Kier molecular flexibility index (Phi) is 4.48. The van der Waals surface area contributed by atoms with Crippen LogP contribution in [-0.2, 0) is 0 Å². The average Bonchev–Trinajstić information content (AvgIpc) is 2.73. The molecule has 1 nitrogen and oxygen atoms in total. The molecule has 4 unspecified atom stereocenters. The van der Waals surface area contributed by atoms with Crippen molar-refractivity contribution >= 4 is 5.69 Å². The molecule has 0 bridgehead atoms. The lowest BCUT2D eigenvalue weighted by Gasteiger charge is -2.58. The molecule has 3 aliphatic rings. The monoisotopic (exact) mass is 345 g/mol. The molecule has 2 aromatic carbocycles. The first-order chi connectivity index (χ1) is 12.9. The maximum Gasteiger partial charge on any atom is 0.0371 e. The molecular weight excluding hydrogens is 314 g/mol. The molecule has 0 spiro atoms. The summed E-state index contributed by atoms with van der Waals surface area (Å²) >= 11 is 0. The van der Waals surface area contributed by atoms with Gasteiger partial charge in [0.15, 0.2) is 0 Å². The van der Waals surface area contributed by atoms with Gasteiger partial charge >= 0.3 is 0 Å². The second-order valence-electron chi connectivity index (χ2n) is 8.71. The van der Waals surface area contributed by atoms with Gasteiger partial charge in [-0.25, -0.2) is 0 Å². The van der Waals surface area contributed by atoms with Crippen molar-refractivity contribution in [1.82, 2.24) is 0 Å². The lowest BCUT2D eigenvalue weighted by molar-refractivity contribution is 0.0984. The van der Waals surface area contributed by atoms with Crippen molar-refractivity contribution < 1.29 is 0 Å². The van der Waals surface area contributed by atoms with Crippen molar-refractivity contribution in [1.29, 1.82) is 0 Å². The predicted octanol–water partition coefficient (Wildman–Crippen LogP) is 6.41. The maximum atomic E-state index is 2.90. The van der Waals surface area contributed by atoms with Crippen LogP contribution in [0.25, 0.3) is 0 Å². The fourth-order valence-electron chi connectivity index (χ4n) is 6.52. The summed E-state index contributed by atoms with van der Waals surface area (Å²) < 4.78 is 0. The van der Waals surface area contributed by atoms with Crippen molar-refractivity contribution in [2.45, 2.75) is 69.4 Å². The van der Waals surface area contributed by atoms with Crippen LogP contribution >= 0.6 is 0 Å². The Morgan fingerprint density at radius 2 is 1.08 bits per heavy atom. The van der Waals surface area contributed by atoms with Gasteiger partial charge in [0, 0.05) is 17.8 Å². The maximum absolute atomic E-state index is 2.90.